The van der Waals surface area contributed by atoms with Gasteiger partial charge in [0.1, 0.15) is 0 Å². The van der Waals surface area contributed by atoms with Gasteiger partial charge >= 0.3 is 20.0 Å². The van der Waals surface area contributed by atoms with Crippen LogP contribution in [0.4, 0.5) is 0 Å². The summed E-state index contributed by atoms with van der Waals surface area (Å²) in [4.78, 5) is 6.98. The third kappa shape index (κ3) is 18.7. The van der Waals surface area contributed by atoms with Crippen molar-refractivity contribution in [1.82, 2.24) is 5.32 Å². The van der Waals surface area contributed by atoms with Crippen molar-refractivity contribution in [3.8, 4) is 0 Å². The molecule has 0 radical (unpaired) electrons. The molecular formula is C6H14ClCrN3O2-2. The fourth-order valence-corrected chi connectivity index (χ4v) is 0.483. The van der Waals surface area contributed by atoms with Gasteiger partial charge in [0.15, 0.2) is 0 Å². The van der Waals surface area contributed by atoms with Crippen molar-refractivity contribution in [2.75, 3.05) is 19.6 Å². The maximum absolute atomic E-state index is 8.83. The van der Waals surface area contributed by atoms with Crippen LogP contribution in [0.2, 0.25) is 0 Å². The fourth-order valence-electron chi connectivity index (χ4n) is 0.408. The molecule has 0 saturated carbocycles. The zero-order chi connectivity index (χ0) is 9.82. The Morgan fingerprint density at radius 2 is 2.23 bits per heavy atom. The van der Waals surface area contributed by atoms with Crippen LogP contribution in [0.25, 0.3) is 4.84 Å². The number of aliphatic imine (C=N–C) groups is 1. The molecule has 80 valence electrons. The Morgan fingerprint density at radius 3 is 2.62 bits per heavy atom. The molecule has 0 atom stereocenters. The molecule has 0 rings (SSSR count). The van der Waals surface area contributed by atoms with Gasteiger partial charge in [-0.15, -0.1) is 6.54 Å². The molecule has 0 unspecified atom stereocenters. The number of aliphatic hydroxyl groups excluding tert-OH is 1. The number of nitrogens with one attached hydrogen (secondary N) is 1. The van der Waals surface area contributed by atoms with Crippen LogP contribution in [0.5, 0.6) is 0 Å². The molecule has 0 amide bonds. The Labute approximate surface area is 92.3 Å². The van der Waals surface area contributed by atoms with Crippen molar-refractivity contribution in [3.63, 3.8) is 0 Å². The molecule has 0 aliphatic heterocycles. The van der Waals surface area contributed by atoms with Crippen LogP contribution < -0.4 is 5.32 Å². The second-order valence-corrected chi connectivity index (χ2v) is 1.82. The minimum atomic E-state index is -0.0529. The van der Waals surface area contributed by atoms with E-state index >= 15 is 0 Å². The van der Waals surface area contributed by atoms with Gasteiger partial charge in [-0.3, -0.25) is 11.8 Å². The van der Waals surface area contributed by atoms with E-state index in [2.05, 4.69) is 15.1 Å². The molecule has 0 bridgehead atoms. The molecule has 0 aromatic rings. The van der Waals surface area contributed by atoms with E-state index in [1.807, 2.05) is 6.92 Å². The van der Waals surface area contributed by atoms with E-state index in [0.717, 1.165) is 0 Å². The summed E-state index contributed by atoms with van der Waals surface area (Å²) < 4.78 is 8.12. The molecule has 0 spiro atoms. The van der Waals surface area contributed by atoms with E-state index in [9.17, 15) is 0 Å². The molecular weight excluding hydrogens is 234 g/mol. The van der Waals surface area contributed by atoms with Gasteiger partial charge in [-0.1, -0.05) is 0 Å². The first kappa shape index (κ1) is 18.6. The van der Waals surface area contributed by atoms with Crippen LogP contribution >= 0.6 is 11.8 Å². The van der Waals surface area contributed by atoms with Crippen molar-refractivity contribution in [2.45, 2.75) is 6.92 Å². The summed E-state index contributed by atoms with van der Waals surface area (Å²) in [7, 11) is 0. The Morgan fingerprint density at radius 1 is 1.69 bits per heavy atom. The Hall–Kier alpha value is -0.148. The number of amidine groups is 1. The van der Waals surface area contributed by atoms with Crippen molar-refractivity contribution in [2.24, 2.45) is 4.99 Å². The number of hydrogen-bond acceptors (Lipinski definition) is 2. The second-order valence-electron chi connectivity index (χ2n) is 1.58. The van der Waals surface area contributed by atoms with Crippen LogP contribution in [0.1, 0.15) is 6.92 Å². The van der Waals surface area contributed by atoms with Crippen LogP contribution in [0, 0.1) is 7.43 Å². The Kier molecular flexibility index (Phi) is 25.5. The molecule has 0 aromatic carbocycles. The summed E-state index contributed by atoms with van der Waals surface area (Å²) >= 11 is 6.39. The summed E-state index contributed by atoms with van der Waals surface area (Å²) in [6.07, 6.45) is 0. The first-order valence-electron chi connectivity index (χ1n) is 3.23. The molecule has 2 N–H and O–H groups in total. The van der Waals surface area contributed by atoms with E-state index < -0.39 is 0 Å². The van der Waals surface area contributed by atoms with Crippen LogP contribution in [0.3, 0.4) is 0 Å². The summed E-state index contributed by atoms with van der Waals surface area (Å²) in [5.74, 6) is 0. The molecule has 0 heterocycles. The summed E-state index contributed by atoms with van der Waals surface area (Å²) in [5, 5.41) is 11.5. The van der Waals surface area contributed by atoms with Gasteiger partial charge in [-0.05, 0) is 6.92 Å². The van der Waals surface area contributed by atoms with Crippen molar-refractivity contribution >= 4 is 17.8 Å². The second kappa shape index (κ2) is 17.8. The van der Waals surface area contributed by atoms with E-state index in [4.69, 9.17) is 20.7 Å². The number of nitrogens with zero attached hydrogens (tertiary/aromatic N) is 2. The van der Waals surface area contributed by atoms with E-state index in [1.54, 1.807) is 0 Å². The third-order valence-corrected chi connectivity index (χ3v) is 0.950. The van der Waals surface area contributed by atoms with Gasteiger partial charge in [0.2, 0.25) is 0 Å². The quantitative estimate of drug-likeness (QED) is 0.341. The first-order valence-corrected chi connectivity index (χ1v) is 4.08. The average Bonchev–Trinajstić information content (AvgIpc) is 2.09. The van der Waals surface area contributed by atoms with E-state index in [1.165, 1.54) is 16.2 Å². The van der Waals surface area contributed by atoms with E-state index in [-0.39, 0.29) is 13.4 Å². The molecule has 5 nitrogen and oxygen atoms in total. The van der Waals surface area contributed by atoms with Gasteiger partial charge < -0.3 is 22.7 Å². The predicted octanol–water partition coefficient (Wildman–Crippen LogP) is 1.37. The van der Waals surface area contributed by atoms with Crippen LogP contribution in [-0.4, -0.2) is 30.8 Å². The molecule has 0 fully saturated rings. The van der Waals surface area contributed by atoms with Crippen molar-refractivity contribution in [3.05, 3.63) is 12.3 Å². The van der Waals surface area contributed by atoms with Gasteiger partial charge in [0, 0.05) is 13.1 Å². The summed E-state index contributed by atoms with van der Waals surface area (Å²) in [6, 6.07) is -0.0529. The Bertz CT molecular complexity index is 126. The van der Waals surface area contributed by atoms with E-state index in [0.29, 0.717) is 19.6 Å². The molecule has 13 heavy (non-hydrogen) atoms. The maximum atomic E-state index is 8.83. The number of rotatable bonds is 4. The molecule has 7 heteroatoms. The zero-order valence-corrected chi connectivity index (χ0v) is 9.69. The van der Waals surface area contributed by atoms with Crippen molar-refractivity contribution in [1.29, 1.82) is 0 Å². The van der Waals surface area contributed by atoms with Gasteiger partial charge in [-0.25, -0.2) is 4.99 Å². The normalized spacial score (nSPS) is 9.23. The molecule has 0 aliphatic rings. The average molecular weight is 248 g/mol. The molecule has 0 aromatic heterocycles. The van der Waals surface area contributed by atoms with Crippen LogP contribution in [0.15, 0.2) is 4.99 Å². The molecule has 0 saturated heterocycles. The third-order valence-electron chi connectivity index (χ3n) is 0.781. The number of hydrogen-bond donors (Lipinski definition) is 2. The topological polar surface area (TPSA) is 75.8 Å². The standard InChI is InChI=1S/C5H11ClN3O.CH3.Cr.O/c1-2-7-5(10)8-3-4-9-6;;;/h2-4H2,1H3,(H2,7,8,10);1H3;;/q2*-1;;. The van der Waals surface area contributed by atoms with Crippen LogP contribution in [-0.2, 0) is 20.0 Å². The SMILES string of the molecule is CCNC(O)=NCC[N-]Cl.[CH3-].[O]=[Cr]. The number of halogens is 1. The first-order chi connectivity index (χ1) is 5.81. The van der Waals surface area contributed by atoms with Gasteiger partial charge in [0.25, 0.3) is 6.02 Å². The molecule has 0 aliphatic carbocycles. The van der Waals surface area contributed by atoms with Crippen molar-refractivity contribution < 1.29 is 25.1 Å². The fraction of sp³-hybridized carbons (Fsp3) is 0.667. The summed E-state index contributed by atoms with van der Waals surface area (Å²) in [5.41, 5.74) is 0. The van der Waals surface area contributed by atoms with Gasteiger partial charge in [0.05, 0.1) is 0 Å². The monoisotopic (exact) mass is 247 g/mol. The Balaban J connectivity index is -0.000000309. The van der Waals surface area contributed by atoms with Gasteiger partial charge in [-0.2, -0.15) is 0 Å². The predicted molar refractivity (Wildman–Crippen MR) is 49.8 cm³/mol. The summed E-state index contributed by atoms with van der Waals surface area (Å²) in [6.45, 7) is 3.38. The zero-order valence-electron chi connectivity index (χ0n) is 7.66. The number of aliphatic hydroxyl groups is 1. The minimum absolute atomic E-state index is 0.